The SMILES string of the molecule is CCCn1nc(C)cc1CNCCCN1CCOCC1.Cl.Cl. The second-order valence-electron chi connectivity index (χ2n) is 5.48. The predicted octanol–water partition coefficient (Wildman–Crippen LogP) is 2.26. The second kappa shape index (κ2) is 12.1. The van der Waals surface area contributed by atoms with Crippen LogP contribution in [0.1, 0.15) is 31.2 Å². The maximum atomic E-state index is 5.36. The van der Waals surface area contributed by atoms with Gasteiger partial charge in [-0.25, -0.2) is 0 Å². The van der Waals surface area contributed by atoms with E-state index in [-0.39, 0.29) is 24.8 Å². The predicted molar refractivity (Wildman–Crippen MR) is 95.3 cm³/mol. The number of aromatic nitrogens is 2. The Balaban J connectivity index is 0.00000220. The van der Waals surface area contributed by atoms with Crippen molar-refractivity contribution >= 4 is 24.8 Å². The van der Waals surface area contributed by atoms with E-state index in [1.807, 2.05) is 0 Å². The lowest BCUT2D eigenvalue weighted by molar-refractivity contribution is 0.0374. The lowest BCUT2D eigenvalue weighted by Crippen LogP contribution is -2.37. The van der Waals surface area contributed by atoms with Crippen LogP contribution in [0.3, 0.4) is 0 Å². The van der Waals surface area contributed by atoms with Crippen molar-refractivity contribution in [2.24, 2.45) is 0 Å². The molecule has 0 amide bonds. The largest absolute Gasteiger partial charge is 0.379 e. The Morgan fingerprint density at radius 1 is 1.23 bits per heavy atom. The maximum absolute atomic E-state index is 5.36. The molecule has 0 radical (unpaired) electrons. The molecular weight excluding hydrogens is 323 g/mol. The van der Waals surface area contributed by atoms with Crippen LogP contribution in [0.4, 0.5) is 0 Å². The molecule has 1 aromatic heterocycles. The van der Waals surface area contributed by atoms with Gasteiger partial charge in [0.15, 0.2) is 0 Å². The molecule has 0 spiro atoms. The Morgan fingerprint density at radius 2 is 1.95 bits per heavy atom. The Hall–Kier alpha value is -0.330. The molecule has 22 heavy (non-hydrogen) atoms. The highest BCUT2D eigenvalue weighted by molar-refractivity contribution is 5.85. The summed E-state index contributed by atoms with van der Waals surface area (Å²) >= 11 is 0. The molecule has 1 aliphatic heterocycles. The average molecular weight is 353 g/mol. The van der Waals surface area contributed by atoms with E-state index in [1.165, 1.54) is 18.7 Å². The average Bonchev–Trinajstić information content (AvgIpc) is 2.80. The van der Waals surface area contributed by atoms with E-state index in [1.54, 1.807) is 0 Å². The second-order valence-corrected chi connectivity index (χ2v) is 5.48. The van der Waals surface area contributed by atoms with Crippen molar-refractivity contribution in [1.82, 2.24) is 20.0 Å². The highest BCUT2D eigenvalue weighted by Crippen LogP contribution is 2.04. The highest BCUT2D eigenvalue weighted by Gasteiger charge is 2.09. The minimum atomic E-state index is 0. The number of nitrogens with one attached hydrogen (secondary N) is 1. The number of hydrogen-bond acceptors (Lipinski definition) is 4. The fourth-order valence-corrected chi connectivity index (χ4v) is 2.62. The van der Waals surface area contributed by atoms with Gasteiger partial charge in [-0.1, -0.05) is 6.92 Å². The van der Waals surface area contributed by atoms with Crippen LogP contribution >= 0.6 is 24.8 Å². The first-order valence-corrected chi connectivity index (χ1v) is 7.83. The van der Waals surface area contributed by atoms with Crippen molar-refractivity contribution < 1.29 is 4.74 Å². The van der Waals surface area contributed by atoms with Gasteiger partial charge in [0.25, 0.3) is 0 Å². The molecule has 1 aromatic rings. The van der Waals surface area contributed by atoms with Gasteiger partial charge < -0.3 is 10.1 Å². The van der Waals surface area contributed by atoms with Crippen molar-refractivity contribution in [2.45, 2.75) is 39.8 Å². The molecule has 5 nitrogen and oxygen atoms in total. The number of morpholine rings is 1. The summed E-state index contributed by atoms with van der Waals surface area (Å²) in [6.45, 7) is 12.4. The van der Waals surface area contributed by atoms with Crippen LogP contribution < -0.4 is 5.32 Å². The number of aryl methyl sites for hydroxylation is 2. The van der Waals surface area contributed by atoms with E-state index in [0.717, 1.165) is 58.1 Å². The standard InChI is InChI=1S/C15H28N4O.2ClH/c1-3-6-19-15(12-14(2)17-19)13-16-5-4-7-18-8-10-20-11-9-18;;/h12,16H,3-11,13H2,1-2H3;2*1H. The maximum Gasteiger partial charge on any atom is 0.0597 e. The Labute approximate surface area is 146 Å². The summed E-state index contributed by atoms with van der Waals surface area (Å²) in [6, 6.07) is 2.19. The topological polar surface area (TPSA) is 42.3 Å². The smallest absolute Gasteiger partial charge is 0.0597 e. The van der Waals surface area contributed by atoms with Crippen molar-refractivity contribution in [3.05, 3.63) is 17.5 Å². The summed E-state index contributed by atoms with van der Waals surface area (Å²) in [7, 11) is 0. The summed E-state index contributed by atoms with van der Waals surface area (Å²) in [5.41, 5.74) is 2.42. The Kier molecular flexibility index (Phi) is 12.0. The van der Waals surface area contributed by atoms with Gasteiger partial charge in [-0.15, -0.1) is 24.8 Å². The van der Waals surface area contributed by atoms with Crippen molar-refractivity contribution in [3.8, 4) is 0 Å². The molecule has 0 aliphatic carbocycles. The third-order valence-electron chi connectivity index (χ3n) is 3.66. The molecule has 1 fully saturated rings. The van der Waals surface area contributed by atoms with E-state index in [0.29, 0.717) is 0 Å². The van der Waals surface area contributed by atoms with Gasteiger partial charge in [-0.3, -0.25) is 9.58 Å². The summed E-state index contributed by atoms with van der Waals surface area (Å²) in [5, 5.41) is 8.06. The first kappa shape index (κ1) is 21.7. The summed E-state index contributed by atoms with van der Waals surface area (Å²) in [6.07, 6.45) is 2.33. The normalized spacial score (nSPS) is 15.2. The van der Waals surface area contributed by atoms with E-state index >= 15 is 0 Å². The summed E-state index contributed by atoms with van der Waals surface area (Å²) in [5.74, 6) is 0. The molecule has 1 saturated heterocycles. The van der Waals surface area contributed by atoms with Gasteiger partial charge in [-0.2, -0.15) is 5.10 Å². The quantitative estimate of drug-likeness (QED) is 0.728. The molecule has 0 aromatic carbocycles. The number of halogens is 2. The molecule has 0 unspecified atom stereocenters. The molecule has 0 bridgehead atoms. The van der Waals surface area contributed by atoms with Gasteiger partial charge in [0, 0.05) is 26.2 Å². The zero-order valence-corrected chi connectivity index (χ0v) is 15.3. The van der Waals surface area contributed by atoms with Crippen LogP contribution in [-0.4, -0.2) is 54.1 Å². The van der Waals surface area contributed by atoms with Crippen LogP contribution in [0.25, 0.3) is 0 Å². The third-order valence-corrected chi connectivity index (χ3v) is 3.66. The van der Waals surface area contributed by atoms with E-state index < -0.39 is 0 Å². The monoisotopic (exact) mass is 352 g/mol. The fourth-order valence-electron chi connectivity index (χ4n) is 2.62. The summed E-state index contributed by atoms with van der Waals surface area (Å²) in [4.78, 5) is 2.48. The third kappa shape index (κ3) is 7.29. The zero-order valence-electron chi connectivity index (χ0n) is 13.7. The van der Waals surface area contributed by atoms with Crippen LogP contribution in [-0.2, 0) is 17.8 Å². The number of nitrogens with zero attached hydrogens (tertiary/aromatic N) is 3. The number of hydrogen-bond donors (Lipinski definition) is 1. The molecule has 7 heteroatoms. The zero-order chi connectivity index (χ0) is 14.2. The Morgan fingerprint density at radius 3 is 2.64 bits per heavy atom. The molecule has 0 saturated carbocycles. The van der Waals surface area contributed by atoms with Gasteiger partial charge in [0.05, 0.1) is 24.6 Å². The lowest BCUT2D eigenvalue weighted by Gasteiger charge is -2.26. The molecule has 1 aliphatic rings. The van der Waals surface area contributed by atoms with Gasteiger partial charge in [-0.05, 0) is 38.9 Å². The molecule has 130 valence electrons. The van der Waals surface area contributed by atoms with Crippen LogP contribution in [0, 0.1) is 6.92 Å². The molecule has 1 N–H and O–H groups in total. The first-order chi connectivity index (χ1) is 9.79. The minimum absolute atomic E-state index is 0. The molecular formula is C15H30Cl2N4O. The number of ether oxygens (including phenoxy) is 1. The van der Waals surface area contributed by atoms with Crippen LogP contribution in [0.15, 0.2) is 6.07 Å². The van der Waals surface area contributed by atoms with E-state index in [4.69, 9.17) is 4.74 Å². The van der Waals surface area contributed by atoms with Crippen molar-refractivity contribution in [2.75, 3.05) is 39.4 Å². The molecule has 2 heterocycles. The fraction of sp³-hybridized carbons (Fsp3) is 0.800. The van der Waals surface area contributed by atoms with Gasteiger partial charge in [0.1, 0.15) is 0 Å². The van der Waals surface area contributed by atoms with E-state index in [2.05, 4.69) is 39.9 Å². The highest BCUT2D eigenvalue weighted by atomic mass is 35.5. The van der Waals surface area contributed by atoms with Gasteiger partial charge in [0.2, 0.25) is 0 Å². The molecule has 0 atom stereocenters. The van der Waals surface area contributed by atoms with Crippen LogP contribution in [0.5, 0.6) is 0 Å². The van der Waals surface area contributed by atoms with E-state index in [9.17, 15) is 0 Å². The summed E-state index contributed by atoms with van der Waals surface area (Å²) < 4.78 is 7.49. The molecule has 2 rings (SSSR count). The Bertz CT molecular complexity index is 395. The minimum Gasteiger partial charge on any atom is -0.379 e. The van der Waals surface area contributed by atoms with Crippen molar-refractivity contribution in [3.63, 3.8) is 0 Å². The van der Waals surface area contributed by atoms with Gasteiger partial charge >= 0.3 is 0 Å². The van der Waals surface area contributed by atoms with Crippen LogP contribution in [0.2, 0.25) is 0 Å². The van der Waals surface area contributed by atoms with Crippen molar-refractivity contribution in [1.29, 1.82) is 0 Å². The number of rotatable bonds is 8. The lowest BCUT2D eigenvalue weighted by atomic mass is 10.3. The first-order valence-electron chi connectivity index (χ1n) is 7.83.